The van der Waals surface area contributed by atoms with E-state index in [2.05, 4.69) is 13.0 Å². The molecule has 1 aromatic carbocycles. The molecule has 0 bridgehead atoms. The molecule has 0 saturated carbocycles. The van der Waals surface area contributed by atoms with Crippen LogP contribution >= 0.6 is 0 Å². The Hall–Kier alpha value is -1.95. The maximum atomic E-state index is 8.89. The molecular weight excluding hydrogens is 214 g/mol. The van der Waals surface area contributed by atoms with E-state index >= 15 is 0 Å². The predicted octanol–water partition coefficient (Wildman–Crippen LogP) is 3.20. The van der Waals surface area contributed by atoms with E-state index < -0.39 is 0 Å². The second-order valence-electron chi connectivity index (χ2n) is 4.24. The van der Waals surface area contributed by atoms with Crippen LogP contribution in [0.1, 0.15) is 25.0 Å². The van der Waals surface area contributed by atoms with Crippen LogP contribution < -0.4 is 4.74 Å². The van der Waals surface area contributed by atoms with Gasteiger partial charge in [0.05, 0.1) is 7.11 Å². The van der Waals surface area contributed by atoms with Gasteiger partial charge in [0.1, 0.15) is 17.9 Å². The number of hydrogen-bond donors (Lipinski definition) is 0. The largest absolute Gasteiger partial charge is 0.497 e. The fourth-order valence-electron chi connectivity index (χ4n) is 1.99. The van der Waals surface area contributed by atoms with Crippen molar-refractivity contribution in [3.63, 3.8) is 0 Å². The van der Waals surface area contributed by atoms with Gasteiger partial charge in [-0.1, -0.05) is 19.1 Å². The van der Waals surface area contributed by atoms with E-state index in [1.54, 1.807) is 7.11 Å². The summed E-state index contributed by atoms with van der Waals surface area (Å²) in [5.41, 5.74) is 1.08. The van der Waals surface area contributed by atoms with Crippen LogP contribution in [0.2, 0.25) is 0 Å². The van der Waals surface area contributed by atoms with E-state index in [0.29, 0.717) is 11.7 Å². The molecule has 3 heteroatoms. The van der Waals surface area contributed by atoms with E-state index in [1.807, 2.05) is 30.3 Å². The fraction of sp³-hybridized carbons (Fsp3) is 0.357. The second-order valence-corrected chi connectivity index (χ2v) is 4.24. The lowest BCUT2D eigenvalue weighted by molar-refractivity contribution is 0.0923. The summed E-state index contributed by atoms with van der Waals surface area (Å²) in [7, 11) is 1.64. The van der Waals surface area contributed by atoms with Gasteiger partial charge in [0.2, 0.25) is 0 Å². The summed E-state index contributed by atoms with van der Waals surface area (Å²) in [6, 6.07) is 9.86. The van der Waals surface area contributed by atoms with Crippen molar-refractivity contribution in [3.05, 3.63) is 41.7 Å². The van der Waals surface area contributed by atoms with Gasteiger partial charge in [-0.25, -0.2) is 0 Å². The molecule has 1 aromatic rings. The first-order valence-electron chi connectivity index (χ1n) is 5.65. The number of rotatable bonds is 2. The van der Waals surface area contributed by atoms with Crippen LogP contribution in [-0.4, -0.2) is 7.11 Å². The van der Waals surface area contributed by atoms with E-state index in [1.165, 1.54) is 0 Å². The molecule has 0 aliphatic carbocycles. The SMILES string of the molecule is COc1ccc(C2CC(C)C=C(C#N)O2)cc1. The molecule has 1 heterocycles. The number of nitriles is 1. The zero-order chi connectivity index (χ0) is 12.3. The van der Waals surface area contributed by atoms with E-state index in [9.17, 15) is 0 Å². The van der Waals surface area contributed by atoms with E-state index in [4.69, 9.17) is 14.7 Å². The summed E-state index contributed by atoms with van der Waals surface area (Å²) in [5.74, 6) is 1.61. The van der Waals surface area contributed by atoms with Gasteiger partial charge in [-0.3, -0.25) is 0 Å². The number of ether oxygens (including phenoxy) is 2. The molecular formula is C14H15NO2. The lowest BCUT2D eigenvalue weighted by Gasteiger charge is -2.25. The van der Waals surface area contributed by atoms with Crippen molar-refractivity contribution in [1.82, 2.24) is 0 Å². The summed E-state index contributed by atoms with van der Waals surface area (Å²) < 4.78 is 10.7. The Morgan fingerprint density at radius 1 is 1.35 bits per heavy atom. The van der Waals surface area contributed by atoms with E-state index in [-0.39, 0.29) is 6.10 Å². The Labute approximate surface area is 101 Å². The third kappa shape index (κ3) is 2.59. The van der Waals surface area contributed by atoms with Crippen LogP contribution in [0.25, 0.3) is 0 Å². The molecule has 3 nitrogen and oxygen atoms in total. The van der Waals surface area contributed by atoms with Crippen LogP contribution in [0, 0.1) is 17.2 Å². The van der Waals surface area contributed by atoms with Crippen molar-refractivity contribution in [2.24, 2.45) is 5.92 Å². The van der Waals surface area contributed by atoms with Gasteiger partial charge < -0.3 is 9.47 Å². The predicted molar refractivity (Wildman–Crippen MR) is 64.3 cm³/mol. The number of nitrogens with zero attached hydrogens (tertiary/aromatic N) is 1. The van der Waals surface area contributed by atoms with Crippen molar-refractivity contribution < 1.29 is 9.47 Å². The molecule has 0 aromatic heterocycles. The minimum atomic E-state index is -0.0319. The molecule has 2 atom stereocenters. The molecule has 0 radical (unpaired) electrons. The molecule has 1 aliphatic rings. The van der Waals surface area contributed by atoms with Crippen molar-refractivity contribution in [1.29, 1.82) is 5.26 Å². The molecule has 2 rings (SSSR count). The number of methoxy groups -OCH3 is 1. The third-order valence-corrected chi connectivity index (χ3v) is 2.89. The van der Waals surface area contributed by atoms with Crippen molar-refractivity contribution in [3.8, 4) is 11.8 Å². The molecule has 17 heavy (non-hydrogen) atoms. The highest BCUT2D eigenvalue weighted by molar-refractivity contribution is 5.30. The molecule has 0 N–H and O–H groups in total. The quantitative estimate of drug-likeness (QED) is 0.782. The first-order valence-corrected chi connectivity index (χ1v) is 5.65. The van der Waals surface area contributed by atoms with Crippen LogP contribution in [0.3, 0.4) is 0 Å². The summed E-state index contributed by atoms with van der Waals surface area (Å²) in [5, 5.41) is 8.89. The Kier molecular flexibility index (Phi) is 3.34. The summed E-state index contributed by atoms with van der Waals surface area (Å²) >= 11 is 0. The van der Waals surface area contributed by atoms with Crippen molar-refractivity contribution in [2.75, 3.05) is 7.11 Å². The average Bonchev–Trinajstić information content (AvgIpc) is 2.38. The van der Waals surface area contributed by atoms with Gasteiger partial charge >= 0.3 is 0 Å². The number of allylic oxidation sites excluding steroid dienone is 2. The second kappa shape index (κ2) is 4.92. The minimum Gasteiger partial charge on any atom is -0.497 e. The van der Waals surface area contributed by atoms with Gasteiger partial charge in [-0.05, 0) is 36.1 Å². The molecule has 2 unspecified atom stereocenters. The highest BCUT2D eigenvalue weighted by Gasteiger charge is 2.22. The third-order valence-electron chi connectivity index (χ3n) is 2.89. The van der Waals surface area contributed by atoms with Crippen LogP contribution in [0.5, 0.6) is 5.75 Å². The average molecular weight is 229 g/mol. The smallest absolute Gasteiger partial charge is 0.193 e. The van der Waals surface area contributed by atoms with Crippen molar-refractivity contribution >= 4 is 0 Å². The van der Waals surface area contributed by atoms with Gasteiger partial charge in [0.25, 0.3) is 0 Å². The highest BCUT2D eigenvalue weighted by atomic mass is 16.5. The zero-order valence-electron chi connectivity index (χ0n) is 10.0. The van der Waals surface area contributed by atoms with E-state index in [0.717, 1.165) is 17.7 Å². The molecule has 0 fully saturated rings. The maximum Gasteiger partial charge on any atom is 0.193 e. The monoisotopic (exact) mass is 229 g/mol. The fourth-order valence-corrected chi connectivity index (χ4v) is 1.99. The van der Waals surface area contributed by atoms with Gasteiger partial charge in [-0.2, -0.15) is 5.26 Å². The summed E-state index contributed by atoms with van der Waals surface area (Å²) in [4.78, 5) is 0. The standard InChI is InChI=1S/C14H15NO2/c1-10-7-13(9-15)17-14(8-10)11-3-5-12(16-2)6-4-11/h3-7,10,14H,8H2,1-2H3. The molecule has 88 valence electrons. The van der Waals surface area contributed by atoms with Gasteiger partial charge in [-0.15, -0.1) is 0 Å². The Bertz CT molecular complexity index is 456. The highest BCUT2D eigenvalue weighted by Crippen LogP contribution is 2.33. The Balaban J connectivity index is 2.18. The lowest BCUT2D eigenvalue weighted by atomic mass is 9.95. The van der Waals surface area contributed by atoms with Crippen LogP contribution in [0.4, 0.5) is 0 Å². The Morgan fingerprint density at radius 2 is 2.06 bits per heavy atom. The zero-order valence-corrected chi connectivity index (χ0v) is 10.0. The molecule has 0 amide bonds. The summed E-state index contributed by atoms with van der Waals surface area (Å²) in [6.45, 7) is 2.09. The van der Waals surface area contributed by atoms with Crippen LogP contribution in [0.15, 0.2) is 36.1 Å². The molecule has 0 spiro atoms. The minimum absolute atomic E-state index is 0.0319. The molecule has 0 saturated heterocycles. The topological polar surface area (TPSA) is 42.2 Å². The maximum absolute atomic E-state index is 8.89. The number of benzene rings is 1. The van der Waals surface area contributed by atoms with Gasteiger partial charge in [0.15, 0.2) is 5.76 Å². The summed E-state index contributed by atoms with van der Waals surface area (Å²) in [6.07, 6.45) is 2.74. The van der Waals surface area contributed by atoms with Crippen molar-refractivity contribution in [2.45, 2.75) is 19.4 Å². The van der Waals surface area contributed by atoms with Crippen LogP contribution in [-0.2, 0) is 4.74 Å². The normalized spacial score (nSPS) is 23.2. The first-order chi connectivity index (χ1) is 8.22. The lowest BCUT2D eigenvalue weighted by Crippen LogP contribution is -2.13. The first kappa shape index (κ1) is 11.5. The molecule has 1 aliphatic heterocycles. The van der Waals surface area contributed by atoms with Gasteiger partial charge in [0, 0.05) is 0 Å². The Morgan fingerprint density at radius 3 is 2.65 bits per heavy atom. The number of hydrogen-bond acceptors (Lipinski definition) is 3.